The summed E-state index contributed by atoms with van der Waals surface area (Å²) in [5, 5.41) is 0. The Balaban J connectivity index is 2.10. The Bertz CT molecular complexity index is 521. The fourth-order valence-corrected chi connectivity index (χ4v) is 1.36. The number of rotatable bonds is 1. The molecule has 0 saturated heterocycles. The molecule has 0 aliphatic carbocycles. The van der Waals surface area contributed by atoms with E-state index in [0.29, 0.717) is 5.82 Å². The van der Waals surface area contributed by atoms with Gasteiger partial charge in [-0.2, -0.15) is 0 Å². The van der Waals surface area contributed by atoms with E-state index < -0.39 is 0 Å². The quantitative estimate of drug-likeness (QED) is 0.730. The van der Waals surface area contributed by atoms with Crippen LogP contribution >= 0.6 is 0 Å². The number of anilines is 1. The fourth-order valence-electron chi connectivity index (χ4n) is 1.36. The van der Waals surface area contributed by atoms with Crippen LogP contribution in [0.2, 0.25) is 0 Å². The molecule has 0 spiro atoms. The molecule has 16 heavy (non-hydrogen) atoms. The van der Waals surface area contributed by atoms with Gasteiger partial charge in [-0.25, -0.2) is 4.98 Å². The number of hydrogen-bond donors (Lipinski definition) is 1. The van der Waals surface area contributed by atoms with Crippen LogP contribution in [0.4, 0.5) is 5.82 Å². The van der Waals surface area contributed by atoms with Gasteiger partial charge in [-0.1, -0.05) is 42.2 Å². The molecule has 0 aliphatic heterocycles. The van der Waals surface area contributed by atoms with Crippen molar-refractivity contribution >= 4 is 5.82 Å². The Labute approximate surface area is 95.1 Å². The summed E-state index contributed by atoms with van der Waals surface area (Å²) in [6, 6.07) is 13.8. The standard InChI is InChI=1S/C14H12N2/c15-14-13(10-5-11-16-14)9-4-8-12-6-2-1-3-7-12/h1-3,5-7,10-11H,8H2,(H2,15,16). The molecular formula is C14H12N2. The first-order chi connectivity index (χ1) is 7.86. The fraction of sp³-hybridized carbons (Fsp3) is 0.0714. The summed E-state index contributed by atoms with van der Waals surface area (Å²) in [6.45, 7) is 0. The molecule has 1 aromatic heterocycles. The van der Waals surface area contributed by atoms with Crippen molar-refractivity contribution < 1.29 is 0 Å². The second-order valence-electron chi connectivity index (χ2n) is 3.40. The molecule has 0 aliphatic rings. The predicted octanol–water partition coefficient (Wildman–Crippen LogP) is 2.26. The van der Waals surface area contributed by atoms with Crippen molar-refractivity contribution in [3.63, 3.8) is 0 Å². The average molecular weight is 208 g/mol. The minimum atomic E-state index is 0.489. The van der Waals surface area contributed by atoms with Gasteiger partial charge in [0.2, 0.25) is 0 Å². The molecule has 78 valence electrons. The van der Waals surface area contributed by atoms with Gasteiger partial charge in [0, 0.05) is 12.6 Å². The first-order valence-corrected chi connectivity index (χ1v) is 5.09. The van der Waals surface area contributed by atoms with Gasteiger partial charge in [-0.15, -0.1) is 0 Å². The third kappa shape index (κ3) is 2.61. The SMILES string of the molecule is Nc1ncccc1C#CCc1ccccc1. The number of nitrogen functional groups attached to an aromatic ring is 1. The van der Waals surface area contributed by atoms with Gasteiger partial charge < -0.3 is 5.73 Å². The Kier molecular flexibility index (Phi) is 3.20. The van der Waals surface area contributed by atoms with Crippen molar-refractivity contribution in [2.24, 2.45) is 0 Å². The number of nitrogens with two attached hydrogens (primary N) is 1. The minimum absolute atomic E-state index is 0.489. The molecule has 0 unspecified atom stereocenters. The molecule has 2 aromatic rings. The van der Waals surface area contributed by atoms with Gasteiger partial charge in [0.25, 0.3) is 0 Å². The lowest BCUT2D eigenvalue weighted by molar-refractivity contribution is 1.31. The van der Waals surface area contributed by atoms with Gasteiger partial charge in [0.15, 0.2) is 0 Å². The first kappa shape index (κ1) is 10.3. The molecule has 2 heteroatoms. The lowest BCUT2D eigenvalue weighted by Crippen LogP contribution is -1.92. The highest BCUT2D eigenvalue weighted by atomic mass is 14.8. The van der Waals surface area contributed by atoms with E-state index in [1.165, 1.54) is 5.56 Å². The highest BCUT2D eigenvalue weighted by Gasteiger charge is 1.92. The van der Waals surface area contributed by atoms with E-state index in [4.69, 9.17) is 5.73 Å². The third-order valence-corrected chi connectivity index (χ3v) is 2.20. The van der Waals surface area contributed by atoms with E-state index >= 15 is 0 Å². The maximum Gasteiger partial charge on any atom is 0.139 e. The molecule has 1 heterocycles. The molecule has 2 nitrogen and oxygen atoms in total. The van der Waals surface area contributed by atoms with Gasteiger partial charge >= 0.3 is 0 Å². The van der Waals surface area contributed by atoms with Crippen LogP contribution in [0, 0.1) is 11.8 Å². The summed E-state index contributed by atoms with van der Waals surface area (Å²) in [4.78, 5) is 3.98. The summed E-state index contributed by atoms with van der Waals surface area (Å²) < 4.78 is 0. The summed E-state index contributed by atoms with van der Waals surface area (Å²) >= 11 is 0. The zero-order valence-electron chi connectivity index (χ0n) is 8.85. The highest BCUT2D eigenvalue weighted by molar-refractivity contribution is 5.50. The smallest absolute Gasteiger partial charge is 0.139 e. The predicted molar refractivity (Wildman–Crippen MR) is 65.7 cm³/mol. The van der Waals surface area contributed by atoms with Crippen LogP contribution in [0.25, 0.3) is 0 Å². The van der Waals surface area contributed by atoms with E-state index in [0.717, 1.165) is 12.0 Å². The van der Waals surface area contributed by atoms with Crippen molar-refractivity contribution in [1.29, 1.82) is 0 Å². The van der Waals surface area contributed by atoms with Crippen molar-refractivity contribution in [3.8, 4) is 11.8 Å². The van der Waals surface area contributed by atoms with Gasteiger partial charge in [-0.05, 0) is 17.7 Å². The molecule has 0 fully saturated rings. The lowest BCUT2D eigenvalue weighted by atomic mass is 10.1. The third-order valence-electron chi connectivity index (χ3n) is 2.20. The van der Waals surface area contributed by atoms with Crippen molar-refractivity contribution in [2.45, 2.75) is 6.42 Å². The molecular weight excluding hydrogens is 196 g/mol. The van der Waals surface area contributed by atoms with Crippen LogP contribution in [0.1, 0.15) is 11.1 Å². The van der Waals surface area contributed by atoms with Crippen LogP contribution in [-0.2, 0) is 6.42 Å². The number of pyridine rings is 1. The number of nitrogens with zero attached hydrogens (tertiary/aromatic N) is 1. The number of benzene rings is 1. The second-order valence-corrected chi connectivity index (χ2v) is 3.40. The Morgan fingerprint density at radius 1 is 1.06 bits per heavy atom. The lowest BCUT2D eigenvalue weighted by Gasteiger charge is -1.94. The summed E-state index contributed by atoms with van der Waals surface area (Å²) in [6.07, 6.45) is 2.40. The van der Waals surface area contributed by atoms with Crippen LogP contribution < -0.4 is 5.73 Å². The maximum absolute atomic E-state index is 5.69. The molecule has 1 aromatic carbocycles. The van der Waals surface area contributed by atoms with Gasteiger partial charge in [0.05, 0.1) is 5.56 Å². The normalized spacial score (nSPS) is 9.25. The van der Waals surface area contributed by atoms with E-state index in [1.54, 1.807) is 6.20 Å². The van der Waals surface area contributed by atoms with E-state index in [9.17, 15) is 0 Å². The van der Waals surface area contributed by atoms with E-state index in [-0.39, 0.29) is 0 Å². The topological polar surface area (TPSA) is 38.9 Å². The van der Waals surface area contributed by atoms with Crippen molar-refractivity contribution in [2.75, 3.05) is 5.73 Å². The zero-order chi connectivity index (χ0) is 11.2. The Hall–Kier alpha value is -2.27. The summed E-state index contributed by atoms with van der Waals surface area (Å²) in [5.74, 6) is 6.60. The molecule has 2 N–H and O–H groups in total. The molecule has 0 bridgehead atoms. The van der Waals surface area contributed by atoms with Gasteiger partial charge in [0.1, 0.15) is 5.82 Å². The van der Waals surface area contributed by atoms with Crippen LogP contribution in [-0.4, -0.2) is 4.98 Å². The van der Waals surface area contributed by atoms with E-state index in [1.807, 2.05) is 30.3 Å². The molecule has 0 amide bonds. The monoisotopic (exact) mass is 208 g/mol. The van der Waals surface area contributed by atoms with Crippen molar-refractivity contribution in [1.82, 2.24) is 4.98 Å². The molecule has 0 saturated carbocycles. The number of hydrogen-bond acceptors (Lipinski definition) is 2. The van der Waals surface area contributed by atoms with Gasteiger partial charge in [-0.3, -0.25) is 0 Å². The number of aromatic nitrogens is 1. The Morgan fingerprint density at radius 2 is 1.88 bits per heavy atom. The van der Waals surface area contributed by atoms with Crippen molar-refractivity contribution in [3.05, 3.63) is 59.8 Å². The zero-order valence-corrected chi connectivity index (χ0v) is 8.85. The first-order valence-electron chi connectivity index (χ1n) is 5.09. The minimum Gasteiger partial charge on any atom is -0.383 e. The average Bonchev–Trinajstić information content (AvgIpc) is 2.33. The molecule has 0 atom stereocenters. The highest BCUT2D eigenvalue weighted by Crippen LogP contribution is 2.04. The van der Waals surface area contributed by atoms with E-state index in [2.05, 4.69) is 29.0 Å². The Morgan fingerprint density at radius 3 is 2.62 bits per heavy atom. The summed E-state index contributed by atoms with van der Waals surface area (Å²) in [5.41, 5.74) is 7.68. The largest absolute Gasteiger partial charge is 0.383 e. The maximum atomic E-state index is 5.69. The molecule has 2 rings (SSSR count). The molecule has 0 radical (unpaired) electrons. The summed E-state index contributed by atoms with van der Waals surface area (Å²) in [7, 11) is 0. The van der Waals surface area contributed by atoms with Crippen LogP contribution in [0.15, 0.2) is 48.7 Å². The second kappa shape index (κ2) is 4.99. The van der Waals surface area contributed by atoms with Crippen LogP contribution in [0.3, 0.4) is 0 Å². The van der Waals surface area contributed by atoms with Crippen LogP contribution in [0.5, 0.6) is 0 Å².